The Labute approximate surface area is 167 Å². The number of carbonyl (C=O) groups excluding carboxylic acids is 5. The predicted octanol–water partition coefficient (Wildman–Crippen LogP) is 0.478. The van der Waals surface area contributed by atoms with Crippen LogP contribution in [-0.2, 0) is 19.1 Å². The molecule has 1 aromatic carbocycles. The molecule has 0 bridgehead atoms. The van der Waals surface area contributed by atoms with Crippen molar-refractivity contribution in [2.75, 3.05) is 23.0 Å². The topological polar surface area (TPSA) is 122 Å². The third kappa shape index (κ3) is 3.86. The molecule has 5 amide bonds. The highest BCUT2D eigenvalue weighted by Gasteiger charge is 2.45. The van der Waals surface area contributed by atoms with E-state index in [9.17, 15) is 24.0 Å². The number of fused-ring (bicyclic) bond motifs is 1. The third-order valence-corrected chi connectivity index (χ3v) is 4.64. The summed E-state index contributed by atoms with van der Waals surface area (Å²) in [6.07, 6.45) is 0.115. The molecule has 0 radical (unpaired) electrons. The summed E-state index contributed by atoms with van der Waals surface area (Å²) in [5, 5.41) is 4.71. The molecular weight excluding hydrogens is 469 g/mol. The van der Waals surface area contributed by atoms with Gasteiger partial charge in [-0.3, -0.25) is 34.2 Å². The Balaban J connectivity index is 1.83. The van der Waals surface area contributed by atoms with Crippen molar-refractivity contribution in [2.24, 2.45) is 0 Å². The first-order valence-corrected chi connectivity index (χ1v) is 9.74. The van der Waals surface area contributed by atoms with Gasteiger partial charge in [-0.2, -0.15) is 0 Å². The minimum absolute atomic E-state index is 0.0365. The van der Waals surface area contributed by atoms with Crippen LogP contribution in [0.15, 0.2) is 18.2 Å². The molecule has 1 atom stereocenters. The van der Waals surface area contributed by atoms with Gasteiger partial charge < -0.3 is 10.1 Å². The molecule has 27 heavy (non-hydrogen) atoms. The van der Waals surface area contributed by atoms with Crippen LogP contribution in [-0.4, -0.2) is 58.1 Å². The summed E-state index contributed by atoms with van der Waals surface area (Å²) in [6.45, 7) is 0.243. The number of imide groups is 2. The largest absolute Gasteiger partial charge is 0.371 e. The number of hydrogen-bond acceptors (Lipinski definition) is 6. The number of piperidine rings is 1. The zero-order valence-corrected chi connectivity index (χ0v) is 16.3. The molecule has 9 nitrogen and oxygen atoms in total. The van der Waals surface area contributed by atoms with E-state index >= 15 is 0 Å². The zero-order chi connectivity index (χ0) is 19.6. The van der Waals surface area contributed by atoms with Gasteiger partial charge in [0, 0.05) is 10.8 Å². The lowest BCUT2D eigenvalue weighted by atomic mass is 10.0. The van der Waals surface area contributed by atoms with Crippen molar-refractivity contribution in [2.45, 2.75) is 18.9 Å². The van der Waals surface area contributed by atoms with Crippen molar-refractivity contribution in [3.05, 3.63) is 29.3 Å². The van der Waals surface area contributed by atoms with Crippen molar-refractivity contribution in [1.29, 1.82) is 0 Å². The molecule has 0 spiro atoms. The summed E-state index contributed by atoms with van der Waals surface area (Å²) in [4.78, 5) is 61.8. The standard InChI is InChI=1S/C17H16IN3O6/c18-6-7-27-8-13(23)19-10-3-1-2-9-14(10)17(26)21(16(9)25)11-4-5-12(22)20-15(11)24/h1-3,11H,4-8H2,(H,19,23)(H,20,22,24). The van der Waals surface area contributed by atoms with Crippen LogP contribution in [0.25, 0.3) is 0 Å². The van der Waals surface area contributed by atoms with Gasteiger partial charge >= 0.3 is 0 Å². The Morgan fingerprint density at radius 3 is 2.74 bits per heavy atom. The maximum Gasteiger partial charge on any atom is 0.264 e. The van der Waals surface area contributed by atoms with Gasteiger partial charge in [0.25, 0.3) is 11.8 Å². The SMILES string of the molecule is O=C1CCC(N2C(=O)c3cccc(NC(=O)COCCI)c3C2=O)C(=O)N1. The molecule has 2 aliphatic rings. The Hall–Kier alpha value is -2.34. The third-order valence-electron chi connectivity index (χ3n) is 4.20. The lowest BCUT2D eigenvalue weighted by Gasteiger charge is -2.27. The number of hydrogen-bond donors (Lipinski definition) is 2. The average Bonchev–Trinajstić information content (AvgIpc) is 2.88. The number of amides is 5. The summed E-state index contributed by atoms with van der Waals surface area (Å²) in [5.41, 5.74) is 0.328. The maximum absolute atomic E-state index is 12.9. The highest BCUT2D eigenvalue weighted by molar-refractivity contribution is 14.1. The van der Waals surface area contributed by atoms with Crippen LogP contribution >= 0.6 is 22.6 Å². The van der Waals surface area contributed by atoms with E-state index in [4.69, 9.17) is 4.74 Å². The van der Waals surface area contributed by atoms with Gasteiger partial charge in [-0.1, -0.05) is 28.7 Å². The quantitative estimate of drug-likeness (QED) is 0.262. The van der Waals surface area contributed by atoms with E-state index < -0.39 is 35.6 Å². The number of nitrogens with zero attached hydrogens (tertiary/aromatic N) is 1. The summed E-state index contributed by atoms with van der Waals surface area (Å²) in [7, 11) is 0. The van der Waals surface area contributed by atoms with Gasteiger partial charge in [-0.05, 0) is 18.6 Å². The second kappa shape index (κ2) is 8.13. The predicted molar refractivity (Wildman–Crippen MR) is 101 cm³/mol. The highest BCUT2D eigenvalue weighted by Crippen LogP contribution is 2.32. The summed E-state index contributed by atoms with van der Waals surface area (Å²) in [5.74, 6) is -2.87. The number of benzene rings is 1. The molecule has 3 rings (SSSR count). The lowest BCUT2D eigenvalue weighted by Crippen LogP contribution is -2.54. The van der Waals surface area contributed by atoms with Crippen LogP contribution in [0, 0.1) is 0 Å². The first kappa shape index (κ1) is 19.4. The fourth-order valence-corrected chi connectivity index (χ4v) is 3.34. The average molecular weight is 485 g/mol. The summed E-state index contributed by atoms with van der Waals surface area (Å²) in [6, 6.07) is 3.46. The van der Waals surface area contributed by atoms with Crippen LogP contribution in [0.1, 0.15) is 33.6 Å². The molecule has 1 saturated heterocycles. The Bertz CT molecular complexity index is 840. The van der Waals surface area contributed by atoms with Gasteiger partial charge in [-0.15, -0.1) is 0 Å². The molecule has 0 aromatic heterocycles. The van der Waals surface area contributed by atoms with Crippen LogP contribution in [0.5, 0.6) is 0 Å². The smallest absolute Gasteiger partial charge is 0.264 e. The second-order valence-corrected chi connectivity index (χ2v) is 7.04. The van der Waals surface area contributed by atoms with Crippen LogP contribution < -0.4 is 10.6 Å². The van der Waals surface area contributed by atoms with Gasteiger partial charge in [0.2, 0.25) is 17.7 Å². The van der Waals surface area contributed by atoms with Crippen molar-refractivity contribution < 1.29 is 28.7 Å². The monoisotopic (exact) mass is 485 g/mol. The summed E-state index contributed by atoms with van der Waals surface area (Å²) < 4.78 is 5.89. The second-order valence-electron chi connectivity index (χ2n) is 5.97. The molecule has 2 aliphatic heterocycles. The number of halogens is 1. The van der Waals surface area contributed by atoms with E-state index in [1.54, 1.807) is 6.07 Å². The lowest BCUT2D eigenvalue weighted by molar-refractivity contribution is -0.136. The molecule has 1 aromatic rings. The first-order valence-electron chi connectivity index (χ1n) is 8.22. The van der Waals surface area contributed by atoms with Gasteiger partial charge in [0.05, 0.1) is 23.4 Å². The molecule has 2 N–H and O–H groups in total. The fourth-order valence-electron chi connectivity index (χ4n) is 3.02. The Morgan fingerprint density at radius 1 is 1.26 bits per heavy atom. The van der Waals surface area contributed by atoms with Crippen molar-refractivity contribution in [1.82, 2.24) is 10.2 Å². The molecule has 10 heteroatoms. The molecule has 0 aliphatic carbocycles. The number of anilines is 1. The normalized spacial score (nSPS) is 19.1. The number of ether oxygens (including phenoxy) is 1. The minimum atomic E-state index is -1.05. The van der Waals surface area contributed by atoms with Gasteiger partial charge in [0.1, 0.15) is 12.6 Å². The Kier molecular flexibility index (Phi) is 5.85. The molecule has 2 heterocycles. The van der Waals surface area contributed by atoms with E-state index in [1.165, 1.54) is 12.1 Å². The molecule has 1 fully saturated rings. The van der Waals surface area contributed by atoms with Crippen molar-refractivity contribution in [3.63, 3.8) is 0 Å². The van der Waals surface area contributed by atoms with E-state index in [2.05, 4.69) is 33.2 Å². The number of carbonyl (C=O) groups is 5. The van der Waals surface area contributed by atoms with Crippen LogP contribution in [0.4, 0.5) is 5.69 Å². The summed E-state index contributed by atoms with van der Waals surface area (Å²) >= 11 is 2.11. The minimum Gasteiger partial charge on any atom is -0.371 e. The fraction of sp³-hybridized carbons (Fsp3) is 0.353. The van der Waals surface area contributed by atoms with E-state index in [0.717, 1.165) is 9.33 Å². The number of nitrogens with one attached hydrogen (secondary N) is 2. The van der Waals surface area contributed by atoms with Crippen molar-refractivity contribution in [3.8, 4) is 0 Å². The number of rotatable bonds is 6. The molecular formula is C17H16IN3O6. The van der Waals surface area contributed by atoms with E-state index in [-0.39, 0.29) is 36.3 Å². The van der Waals surface area contributed by atoms with Crippen molar-refractivity contribution >= 4 is 57.8 Å². The first-order chi connectivity index (χ1) is 12.9. The van der Waals surface area contributed by atoms with E-state index in [0.29, 0.717) is 6.61 Å². The highest BCUT2D eigenvalue weighted by atomic mass is 127. The molecule has 1 unspecified atom stereocenters. The zero-order valence-electron chi connectivity index (χ0n) is 14.1. The van der Waals surface area contributed by atoms with Crippen LogP contribution in [0.2, 0.25) is 0 Å². The molecule has 0 saturated carbocycles. The Morgan fingerprint density at radius 2 is 2.04 bits per heavy atom. The number of alkyl halides is 1. The van der Waals surface area contributed by atoms with Crippen LogP contribution in [0.3, 0.4) is 0 Å². The maximum atomic E-state index is 12.9. The van der Waals surface area contributed by atoms with Gasteiger partial charge in [-0.25, -0.2) is 0 Å². The van der Waals surface area contributed by atoms with E-state index in [1.807, 2.05) is 0 Å². The molecule has 142 valence electrons. The van der Waals surface area contributed by atoms with Gasteiger partial charge in [0.15, 0.2) is 0 Å².